The van der Waals surface area contributed by atoms with Crippen LogP contribution in [-0.2, 0) is 0 Å². The smallest absolute Gasteiger partial charge is 0.214 e. The lowest BCUT2D eigenvalue weighted by Gasteiger charge is -2.08. The fourth-order valence-electron chi connectivity index (χ4n) is 2.41. The molecule has 0 aliphatic rings. The van der Waals surface area contributed by atoms with Gasteiger partial charge in [-0.25, -0.2) is 0 Å². The van der Waals surface area contributed by atoms with Crippen LogP contribution in [0.1, 0.15) is 15.9 Å². The SMILES string of the molecule is N/N=C(/C(=O)c1cccc2ccccc12)c1ccccc1. The summed E-state index contributed by atoms with van der Waals surface area (Å²) >= 11 is 0. The van der Waals surface area contributed by atoms with E-state index in [2.05, 4.69) is 5.10 Å². The predicted octanol–water partition coefficient (Wildman–Crippen LogP) is 3.39. The molecule has 3 aromatic rings. The molecule has 0 aliphatic carbocycles. The molecule has 0 spiro atoms. The highest BCUT2D eigenvalue weighted by Gasteiger charge is 2.18. The van der Waals surface area contributed by atoms with E-state index in [9.17, 15) is 4.79 Å². The molecule has 3 nitrogen and oxygen atoms in total. The zero-order chi connectivity index (χ0) is 14.7. The Bertz CT molecular complexity index is 818. The number of benzene rings is 3. The van der Waals surface area contributed by atoms with Gasteiger partial charge in [-0.2, -0.15) is 5.10 Å². The van der Waals surface area contributed by atoms with Crippen molar-refractivity contribution in [2.75, 3.05) is 0 Å². The summed E-state index contributed by atoms with van der Waals surface area (Å²) in [7, 11) is 0. The summed E-state index contributed by atoms with van der Waals surface area (Å²) in [5, 5.41) is 5.63. The predicted molar refractivity (Wildman–Crippen MR) is 85.4 cm³/mol. The van der Waals surface area contributed by atoms with Gasteiger partial charge in [0.15, 0.2) is 0 Å². The van der Waals surface area contributed by atoms with Crippen LogP contribution in [0.4, 0.5) is 0 Å². The van der Waals surface area contributed by atoms with E-state index in [1.54, 1.807) is 6.07 Å². The van der Waals surface area contributed by atoms with Crippen molar-refractivity contribution in [1.82, 2.24) is 0 Å². The molecule has 0 heterocycles. The number of carbonyl (C=O) groups is 1. The Hall–Kier alpha value is -2.94. The Labute approximate surface area is 122 Å². The number of fused-ring (bicyclic) bond motifs is 1. The molecule has 0 amide bonds. The normalized spacial score (nSPS) is 11.5. The number of hydrogen-bond acceptors (Lipinski definition) is 3. The summed E-state index contributed by atoms with van der Waals surface area (Å²) in [6, 6.07) is 22.7. The Morgan fingerprint density at radius 2 is 1.48 bits per heavy atom. The molecule has 3 heteroatoms. The first kappa shape index (κ1) is 13.1. The third-order valence-electron chi connectivity index (χ3n) is 3.43. The van der Waals surface area contributed by atoms with Gasteiger partial charge in [0, 0.05) is 11.1 Å². The molecule has 0 radical (unpaired) electrons. The molecule has 0 atom stereocenters. The van der Waals surface area contributed by atoms with Gasteiger partial charge in [0.05, 0.1) is 0 Å². The van der Waals surface area contributed by atoms with Gasteiger partial charge in [-0.05, 0) is 10.8 Å². The number of ketones is 1. The van der Waals surface area contributed by atoms with Crippen molar-refractivity contribution in [3.8, 4) is 0 Å². The van der Waals surface area contributed by atoms with Crippen LogP contribution < -0.4 is 5.84 Å². The van der Waals surface area contributed by atoms with Gasteiger partial charge in [-0.1, -0.05) is 72.8 Å². The first-order valence-electron chi connectivity index (χ1n) is 6.67. The average Bonchev–Trinajstić information content (AvgIpc) is 2.56. The molecule has 0 saturated carbocycles. The van der Waals surface area contributed by atoms with Gasteiger partial charge in [0.2, 0.25) is 5.78 Å². The van der Waals surface area contributed by atoms with Crippen molar-refractivity contribution in [1.29, 1.82) is 0 Å². The summed E-state index contributed by atoms with van der Waals surface area (Å²) < 4.78 is 0. The second-order valence-corrected chi connectivity index (χ2v) is 4.70. The van der Waals surface area contributed by atoms with E-state index in [-0.39, 0.29) is 11.5 Å². The van der Waals surface area contributed by atoms with Crippen LogP contribution >= 0.6 is 0 Å². The molecular formula is C18H14N2O. The highest BCUT2D eigenvalue weighted by atomic mass is 16.1. The molecule has 102 valence electrons. The Morgan fingerprint density at radius 3 is 2.24 bits per heavy atom. The number of rotatable bonds is 3. The number of Topliss-reactive ketones (excluding diaryl/α,β-unsaturated/α-hetero) is 1. The van der Waals surface area contributed by atoms with Crippen LogP contribution in [0.2, 0.25) is 0 Å². The van der Waals surface area contributed by atoms with E-state index >= 15 is 0 Å². The minimum Gasteiger partial charge on any atom is -0.323 e. The van der Waals surface area contributed by atoms with E-state index < -0.39 is 0 Å². The van der Waals surface area contributed by atoms with Crippen LogP contribution in [0.5, 0.6) is 0 Å². The Morgan fingerprint density at radius 1 is 0.810 bits per heavy atom. The fourth-order valence-corrected chi connectivity index (χ4v) is 2.41. The lowest BCUT2D eigenvalue weighted by Crippen LogP contribution is -2.18. The minimum atomic E-state index is -0.166. The quantitative estimate of drug-likeness (QED) is 0.344. The lowest BCUT2D eigenvalue weighted by molar-refractivity contribution is 0.106. The van der Waals surface area contributed by atoms with Gasteiger partial charge >= 0.3 is 0 Å². The monoisotopic (exact) mass is 274 g/mol. The van der Waals surface area contributed by atoms with E-state index in [4.69, 9.17) is 5.84 Å². The molecule has 0 bridgehead atoms. The van der Waals surface area contributed by atoms with E-state index in [0.29, 0.717) is 5.56 Å². The van der Waals surface area contributed by atoms with Gasteiger partial charge in [-0.15, -0.1) is 0 Å². The first-order valence-corrected chi connectivity index (χ1v) is 6.67. The number of nitrogens with zero attached hydrogens (tertiary/aromatic N) is 1. The Kier molecular flexibility index (Phi) is 3.48. The minimum absolute atomic E-state index is 0.166. The third kappa shape index (κ3) is 2.41. The maximum atomic E-state index is 12.8. The van der Waals surface area contributed by atoms with Crippen LogP contribution in [0.15, 0.2) is 77.9 Å². The molecule has 21 heavy (non-hydrogen) atoms. The maximum Gasteiger partial charge on any atom is 0.214 e. The molecule has 0 fully saturated rings. The second kappa shape index (κ2) is 5.59. The van der Waals surface area contributed by atoms with Gasteiger partial charge in [-0.3, -0.25) is 4.79 Å². The van der Waals surface area contributed by atoms with Crippen molar-refractivity contribution >= 4 is 22.3 Å². The Balaban J connectivity index is 2.12. The molecule has 3 aromatic carbocycles. The molecule has 0 unspecified atom stereocenters. The molecule has 2 N–H and O–H groups in total. The maximum absolute atomic E-state index is 12.8. The van der Waals surface area contributed by atoms with Crippen LogP contribution in [0.25, 0.3) is 10.8 Å². The molecular weight excluding hydrogens is 260 g/mol. The highest BCUT2D eigenvalue weighted by molar-refractivity contribution is 6.52. The number of nitrogens with two attached hydrogens (primary N) is 1. The number of hydrogen-bond donors (Lipinski definition) is 1. The third-order valence-corrected chi connectivity index (χ3v) is 3.43. The van der Waals surface area contributed by atoms with Gasteiger partial charge in [0.25, 0.3) is 0 Å². The topological polar surface area (TPSA) is 55.4 Å². The zero-order valence-electron chi connectivity index (χ0n) is 11.4. The van der Waals surface area contributed by atoms with Crippen molar-refractivity contribution < 1.29 is 4.79 Å². The van der Waals surface area contributed by atoms with Crippen molar-refractivity contribution in [2.45, 2.75) is 0 Å². The van der Waals surface area contributed by atoms with Crippen LogP contribution in [0.3, 0.4) is 0 Å². The van der Waals surface area contributed by atoms with E-state index in [1.165, 1.54) is 0 Å². The van der Waals surface area contributed by atoms with Crippen molar-refractivity contribution in [3.05, 3.63) is 83.9 Å². The number of hydrazone groups is 1. The number of carbonyl (C=O) groups excluding carboxylic acids is 1. The average molecular weight is 274 g/mol. The van der Waals surface area contributed by atoms with E-state index in [1.807, 2.05) is 66.7 Å². The van der Waals surface area contributed by atoms with Crippen LogP contribution in [0, 0.1) is 0 Å². The van der Waals surface area contributed by atoms with Crippen molar-refractivity contribution in [2.24, 2.45) is 10.9 Å². The largest absolute Gasteiger partial charge is 0.323 e. The molecule has 0 saturated heterocycles. The fraction of sp³-hybridized carbons (Fsp3) is 0. The van der Waals surface area contributed by atoms with Crippen molar-refractivity contribution in [3.63, 3.8) is 0 Å². The zero-order valence-corrected chi connectivity index (χ0v) is 11.4. The summed E-state index contributed by atoms with van der Waals surface area (Å²) in [6.07, 6.45) is 0. The summed E-state index contributed by atoms with van der Waals surface area (Å²) in [5.74, 6) is 5.29. The first-order chi connectivity index (χ1) is 10.3. The molecule has 0 aliphatic heterocycles. The highest BCUT2D eigenvalue weighted by Crippen LogP contribution is 2.20. The van der Waals surface area contributed by atoms with Gasteiger partial charge < -0.3 is 5.84 Å². The van der Waals surface area contributed by atoms with Gasteiger partial charge in [0.1, 0.15) is 5.71 Å². The summed E-state index contributed by atoms with van der Waals surface area (Å²) in [5.41, 5.74) is 1.60. The standard InChI is InChI=1S/C18H14N2O/c19-20-17(14-8-2-1-3-9-14)18(21)16-12-6-10-13-7-4-5-11-15(13)16/h1-12H,19H2/b20-17+. The lowest BCUT2D eigenvalue weighted by atomic mass is 9.96. The second-order valence-electron chi connectivity index (χ2n) is 4.70. The summed E-state index contributed by atoms with van der Waals surface area (Å²) in [6.45, 7) is 0. The van der Waals surface area contributed by atoms with Crippen LogP contribution in [-0.4, -0.2) is 11.5 Å². The van der Waals surface area contributed by atoms with E-state index in [0.717, 1.165) is 16.3 Å². The molecule has 0 aromatic heterocycles. The summed E-state index contributed by atoms with van der Waals surface area (Å²) in [4.78, 5) is 12.8. The molecule has 3 rings (SSSR count).